The number of rotatable bonds is 22. The van der Waals surface area contributed by atoms with Crippen LogP contribution in [0.4, 0.5) is 0 Å². The van der Waals surface area contributed by atoms with Crippen LogP contribution < -0.4 is 0 Å². The molecule has 0 atom stereocenters. The molecule has 0 rings (SSSR count). The summed E-state index contributed by atoms with van der Waals surface area (Å²) in [5, 5.41) is 0. The standard InChI is InChI=1S/C28H61P/c1-7-11-14-17-18-19-20-23-26-29(10-4,27-28(5)6,24-21-15-12-8-2)25-22-16-13-9-3/h28H,7-27H2,1-6H3. The Morgan fingerprint density at radius 3 is 1.07 bits per heavy atom. The van der Waals surface area contributed by atoms with Crippen LogP contribution in [0, 0.1) is 5.92 Å². The van der Waals surface area contributed by atoms with Crippen LogP contribution in [0.2, 0.25) is 0 Å². The van der Waals surface area contributed by atoms with E-state index in [1.807, 2.05) is 0 Å². The average Bonchev–Trinajstić information content (AvgIpc) is 2.70. The van der Waals surface area contributed by atoms with Crippen LogP contribution in [0.15, 0.2) is 0 Å². The molecule has 0 aromatic rings. The maximum absolute atomic E-state index is 2.60. The van der Waals surface area contributed by atoms with Crippen LogP contribution in [0.1, 0.15) is 144 Å². The summed E-state index contributed by atoms with van der Waals surface area (Å²) in [6.45, 7) is 13.1. The van der Waals surface area contributed by atoms with Gasteiger partial charge in [0, 0.05) is 0 Å². The van der Waals surface area contributed by atoms with Crippen molar-refractivity contribution in [3.05, 3.63) is 0 Å². The molecule has 0 unspecified atom stereocenters. The van der Waals surface area contributed by atoms with Gasteiger partial charge in [-0.2, -0.15) is 0 Å². The van der Waals surface area contributed by atoms with Crippen LogP contribution in [0.25, 0.3) is 0 Å². The summed E-state index contributed by atoms with van der Waals surface area (Å²) in [4.78, 5) is 0. The average molecular weight is 429 g/mol. The molecule has 0 spiro atoms. The molecule has 1 heteroatoms. The predicted octanol–water partition coefficient (Wildman–Crippen LogP) is 10.5. The fourth-order valence-electron chi connectivity index (χ4n) is 5.91. The van der Waals surface area contributed by atoms with E-state index in [0.717, 1.165) is 5.92 Å². The Labute approximate surface area is 187 Å². The molecule has 0 nitrogen and oxygen atoms in total. The fourth-order valence-corrected chi connectivity index (χ4v) is 13.8. The molecule has 29 heavy (non-hydrogen) atoms. The molecule has 0 bridgehead atoms. The maximum atomic E-state index is 2.60. The first-order valence-electron chi connectivity index (χ1n) is 14.0. The van der Waals surface area contributed by atoms with E-state index < -0.39 is 6.60 Å². The summed E-state index contributed by atoms with van der Waals surface area (Å²) in [6.07, 6.45) is 31.5. The minimum atomic E-state index is -1.56. The summed E-state index contributed by atoms with van der Waals surface area (Å²) in [5.74, 6) is 0.888. The third-order valence-electron chi connectivity index (χ3n) is 7.71. The molecular weight excluding hydrogens is 367 g/mol. The van der Waals surface area contributed by atoms with E-state index in [1.165, 1.54) is 103 Å². The van der Waals surface area contributed by atoms with Crippen molar-refractivity contribution in [2.75, 3.05) is 30.8 Å². The monoisotopic (exact) mass is 428 g/mol. The van der Waals surface area contributed by atoms with E-state index in [0.29, 0.717) is 0 Å². The van der Waals surface area contributed by atoms with Crippen LogP contribution in [0.3, 0.4) is 0 Å². The van der Waals surface area contributed by atoms with Crippen LogP contribution >= 0.6 is 6.60 Å². The van der Waals surface area contributed by atoms with Crippen molar-refractivity contribution in [3.8, 4) is 0 Å². The Hall–Kier alpha value is 0.430. The van der Waals surface area contributed by atoms with Crippen molar-refractivity contribution in [1.29, 1.82) is 0 Å². The van der Waals surface area contributed by atoms with Crippen LogP contribution in [0.5, 0.6) is 0 Å². The van der Waals surface area contributed by atoms with Gasteiger partial charge in [0.15, 0.2) is 0 Å². The zero-order chi connectivity index (χ0) is 21.9. The van der Waals surface area contributed by atoms with E-state index in [9.17, 15) is 0 Å². The third-order valence-corrected chi connectivity index (χ3v) is 16.0. The van der Waals surface area contributed by atoms with Gasteiger partial charge in [-0.3, -0.25) is 0 Å². The first-order valence-corrected chi connectivity index (χ1v) is 17.1. The van der Waals surface area contributed by atoms with E-state index in [-0.39, 0.29) is 0 Å². The predicted molar refractivity (Wildman–Crippen MR) is 143 cm³/mol. The summed E-state index contributed by atoms with van der Waals surface area (Å²) >= 11 is 0. The minimum absolute atomic E-state index is 0.888. The second-order valence-corrected chi connectivity index (χ2v) is 17.7. The fraction of sp³-hybridized carbons (Fsp3) is 1.00. The van der Waals surface area contributed by atoms with Gasteiger partial charge in [0.25, 0.3) is 0 Å². The summed E-state index contributed by atoms with van der Waals surface area (Å²) < 4.78 is 0. The molecule has 0 saturated heterocycles. The number of hydrogen-bond donors (Lipinski definition) is 0. The van der Waals surface area contributed by atoms with Crippen LogP contribution in [-0.4, -0.2) is 30.8 Å². The van der Waals surface area contributed by atoms with Gasteiger partial charge < -0.3 is 0 Å². The Morgan fingerprint density at radius 1 is 0.448 bits per heavy atom. The molecule has 0 fully saturated rings. The van der Waals surface area contributed by atoms with Crippen molar-refractivity contribution >= 4 is 6.60 Å². The quantitative estimate of drug-likeness (QED) is 0.119. The van der Waals surface area contributed by atoms with Crippen molar-refractivity contribution in [3.63, 3.8) is 0 Å². The molecule has 0 saturated carbocycles. The van der Waals surface area contributed by atoms with Gasteiger partial charge in [0.05, 0.1) is 0 Å². The zero-order valence-electron chi connectivity index (χ0n) is 21.9. The molecule has 0 radical (unpaired) electrons. The molecule has 178 valence electrons. The summed E-state index contributed by atoms with van der Waals surface area (Å²) in [7, 11) is 0. The summed E-state index contributed by atoms with van der Waals surface area (Å²) in [5.41, 5.74) is 0. The molecule has 0 heterocycles. The van der Waals surface area contributed by atoms with Crippen molar-refractivity contribution in [2.24, 2.45) is 5.92 Å². The molecule has 0 aromatic carbocycles. The second kappa shape index (κ2) is 18.0. The van der Waals surface area contributed by atoms with Crippen molar-refractivity contribution < 1.29 is 0 Å². The molecule has 0 aromatic heterocycles. The SMILES string of the molecule is CCCCCCCCCCP(CC)(CCCCCC)(CCCCCC)CC(C)C. The second-order valence-electron chi connectivity index (χ2n) is 10.9. The van der Waals surface area contributed by atoms with Gasteiger partial charge in [0.1, 0.15) is 0 Å². The first kappa shape index (κ1) is 29.4. The van der Waals surface area contributed by atoms with Crippen molar-refractivity contribution in [2.45, 2.75) is 144 Å². The molecular formula is C28H61P. The van der Waals surface area contributed by atoms with Gasteiger partial charge in [-0.05, 0) is 0 Å². The topological polar surface area (TPSA) is 0 Å². The number of hydrogen-bond acceptors (Lipinski definition) is 0. The summed E-state index contributed by atoms with van der Waals surface area (Å²) in [6, 6.07) is 0. The van der Waals surface area contributed by atoms with Crippen LogP contribution in [-0.2, 0) is 0 Å². The molecule has 0 aliphatic carbocycles. The Balaban J connectivity index is 4.95. The van der Waals surface area contributed by atoms with Gasteiger partial charge in [-0.1, -0.05) is 0 Å². The number of unbranched alkanes of at least 4 members (excludes halogenated alkanes) is 13. The van der Waals surface area contributed by atoms with Gasteiger partial charge in [-0.25, -0.2) is 0 Å². The first-order chi connectivity index (χ1) is 14.0. The van der Waals surface area contributed by atoms with E-state index >= 15 is 0 Å². The van der Waals surface area contributed by atoms with Gasteiger partial charge >= 0.3 is 188 Å². The molecule has 0 amide bonds. The Morgan fingerprint density at radius 2 is 0.759 bits per heavy atom. The van der Waals surface area contributed by atoms with Gasteiger partial charge in [-0.15, -0.1) is 0 Å². The Bertz CT molecular complexity index is 334. The Kier molecular flexibility index (Phi) is 18.3. The van der Waals surface area contributed by atoms with Gasteiger partial charge in [0.2, 0.25) is 0 Å². The van der Waals surface area contributed by atoms with E-state index in [2.05, 4.69) is 41.5 Å². The zero-order valence-corrected chi connectivity index (χ0v) is 22.8. The van der Waals surface area contributed by atoms with Crippen molar-refractivity contribution in [1.82, 2.24) is 0 Å². The van der Waals surface area contributed by atoms with E-state index in [1.54, 1.807) is 30.8 Å². The third kappa shape index (κ3) is 13.4. The molecule has 0 N–H and O–H groups in total. The molecule has 0 aliphatic heterocycles. The normalized spacial score (nSPS) is 13.7. The van der Waals surface area contributed by atoms with E-state index in [4.69, 9.17) is 0 Å². The molecule has 0 aliphatic rings.